The van der Waals surface area contributed by atoms with Crippen molar-refractivity contribution in [3.8, 4) is 11.6 Å². The second kappa shape index (κ2) is 5.51. The highest BCUT2D eigenvalue weighted by Crippen LogP contribution is 2.12. The molecule has 0 aliphatic heterocycles. The van der Waals surface area contributed by atoms with Crippen LogP contribution in [0, 0.1) is 0 Å². The van der Waals surface area contributed by atoms with Crippen molar-refractivity contribution in [1.82, 2.24) is 10.2 Å². The van der Waals surface area contributed by atoms with Crippen LogP contribution in [0.1, 0.15) is 24.3 Å². The van der Waals surface area contributed by atoms with E-state index >= 15 is 0 Å². The first-order chi connectivity index (χ1) is 9.19. The lowest BCUT2D eigenvalue weighted by Crippen LogP contribution is -2.44. The van der Waals surface area contributed by atoms with Gasteiger partial charge in [-0.05, 0) is 18.5 Å². The number of rotatable bonds is 4. The first-order valence-electron chi connectivity index (χ1n) is 6.12. The Bertz CT molecular complexity index is 562. The van der Waals surface area contributed by atoms with Crippen LogP contribution < -0.4 is 9.79 Å². The molecule has 6 heteroatoms. The molecule has 1 aromatic carbocycles. The number of hydrogen-bond donors (Lipinski definition) is 0. The van der Waals surface area contributed by atoms with Gasteiger partial charge in [0, 0.05) is 25.2 Å². The summed E-state index contributed by atoms with van der Waals surface area (Å²) in [4.78, 5) is 13.8. The molecule has 0 spiro atoms. The fourth-order valence-corrected chi connectivity index (χ4v) is 1.83. The van der Waals surface area contributed by atoms with Crippen LogP contribution >= 0.6 is 0 Å². The summed E-state index contributed by atoms with van der Waals surface area (Å²) in [5.41, 5.74) is 0.541. The average molecular weight is 261 g/mol. The minimum atomic E-state index is -0.722. The molecule has 0 saturated carbocycles. The number of carbonyl (C=O) groups excluding carboxylic acids is 1. The molecule has 0 atom stereocenters. The van der Waals surface area contributed by atoms with Gasteiger partial charge in [-0.1, -0.05) is 18.2 Å². The van der Waals surface area contributed by atoms with E-state index in [-0.39, 0.29) is 11.6 Å². The maximum absolute atomic E-state index is 12.3. The van der Waals surface area contributed by atoms with E-state index in [0.717, 1.165) is 0 Å². The number of benzene rings is 1. The molecule has 0 bridgehead atoms. The van der Waals surface area contributed by atoms with Crippen molar-refractivity contribution < 1.29 is 19.1 Å². The highest BCUT2D eigenvalue weighted by molar-refractivity contribution is 5.92. The second-order valence-corrected chi connectivity index (χ2v) is 3.93. The molecule has 2 rings (SSSR count). The molecule has 0 radical (unpaired) electrons. The Kier molecular flexibility index (Phi) is 3.79. The fourth-order valence-electron chi connectivity index (χ4n) is 1.83. The van der Waals surface area contributed by atoms with Gasteiger partial charge in [0.1, 0.15) is 0 Å². The number of aromatic nitrogens is 2. The largest absolute Gasteiger partial charge is 0.538 e. The Morgan fingerprint density at radius 1 is 1.32 bits per heavy atom. The van der Waals surface area contributed by atoms with E-state index < -0.39 is 5.95 Å². The van der Waals surface area contributed by atoms with Crippen LogP contribution in [0.3, 0.4) is 0 Å². The zero-order valence-electron chi connectivity index (χ0n) is 10.9. The van der Waals surface area contributed by atoms with Crippen molar-refractivity contribution in [3.63, 3.8) is 0 Å². The standard InChI is InChI=1S/C13H15N3O3/c1-3-15(4-2)12(17)11-13(18)19-14-16(11)10-8-6-5-7-9-10/h5-9H,3-4H2,1-2H3. The predicted molar refractivity (Wildman–Crippen MR) is 64.7 cm³/mol. The molecule has 100 valence electrons. The van der Waals surface area contributed by atoms with Crippen LogP contribution in [-0.2, 0) is 0 Å². The smallest absolute Gasteiger partial charge is 0.327 e. The molecule has 6 nitrogen and oxygen atoms in total. The Morgan fingerprint density at radius 3 is 2.53 bits per heavy atom. The van der Waals surface area contributed by atoms with Gasteiger partial charge in [0.25, 0.3) is 0 Å². The van der Waals surface area contributed by atoms with Crippen LogP contribution in [0.25, 0.3) is 5.69 Å². The average Bonchev–Trinajstić information content (AvgIpc) is 2.83. The number of hydrogen-bond acceptors (Lipinski definition) is 4. The molecule has 1 amide bonds. The van der Waals surface area contributed by atoms with Crippen molar-refractivity contribution in [1.29, 1.82) is 0 Å². The summed E-state index contributed by atoms with van der Waals surface area (Å²) in [5.74, 6) is -1.10. The normalized spacial score (nSPS) is 10.4. The van der Waals surface area contributed by atoms with E-state index in [9.17, 15) is 9.90 Å². The summed E-state index contributed by atoms with van der Waals surface area (Å²) in [6.07, 6.45) is 0. The Balaban J connectivity index is 2.47. The Hall–Kier alpha value is -2.37. The van der Waals surface area contributed by atoms with Gasteiger partial charge >= 0.3 is 11.6 Å². The molecule has 0 saturated heterocycles. The van der Waals surface area contributed by atoms with Crippen molar-refractivity contribution in [3.05, 3.63) is 36.0 Å². The van der Waals surface area contributed by atoms with Crippen LogP contribution in [0.2, 0.25) is 0 Å². The van der Waals surface area contributed by atoms with E-state index in [2.05, 4.69) is 9.79 Å². The molecule has 2 aromatic rings. The molecule has 19 heavy (non-hydrogen) atoms. The number of amides is 1. The lowest BCUT2D eigenvalue weighted by Gasteiger charge is -2.15. The van der Waals surface area contributed by atoms with Crippen molar-refractivity contribution in [2.24, 2.45) is 0 Å². The molecule has 1 heterocycles. The van der Waals surface area contributed by atoms with Crippen LogP contribution in [-0.4, -0.2) is 29.2 Å². The van der Waals surface area contributed by atoms with Gasteiger partial charge in [-0.15, -0.1) is 0 Å². The van der Waals surface area contributed by atoms with Crippen molar-refractivity contribution in [2.75, 3.05) is 13.1 Å². The van der Waals surface area contributed by atoms with Crippen LogP contribution in [0.15, 0.2) is 34.9 Å². The lowest BCUT2D eigenvalue weighted by atomic mass is 10.3. The first-order valence-corrected chi connectivity index (χ1v) is 6.12. The molecule has 0 fully saturated rings. The van der Waals surface area contributed by atoms with E-state index in [4.69, 9.17) is 0 Å². The zero-order valence-corrected chi connectivity index (χ0v) is 10.9. The third kappa shape index (κ3) is 2.42. The Morgan fingerprint density at radius 2 is 1.95 bits per heavy atom. The van der Waals surface area contributed by atoms with Crippen molar-refractivity contribution in [2.45, 2.75) is 13.8 Å². The monoisotopic (exact) mass is 261 g/mol. The topological polar surface area (TPSA) is 73.3 Å². The van der Waals surface area contributed by atoms with E-state index in [1.54, 1.807) is 29.2 Å². The number of carbonyl (C=O) groups is 1. The highest BCUT2D eigenvalue weighted by atomic mass is 16.6. The number of para-hydroxylation sites is 1. The minimum Gasteiger partial charge on any atom is -0.538 e. The maximum Gasteiger partial charge on any atom is 0.327 e. The van der Waals surface area contributed by atoms with Gasteiger partial charge < -0.3 is 14.5 Å². The SMILES string of the molecule is CCN(CC)C(=O)c1c([O-])on[n+]1-c1ccccc1. The van der Waals surface area contributed by atoms with Gasteiger partial charge in [-0.2, -0.15) is 0 Å². The van der Waals surface area contributed by atoms with Gasteiger partial charge in [0.15, 0.2) is 5.95 Å². The fraction of sp³-hybridized carbons (Fsp3) is 0.308. The highest BCUT2D eigenvalue weighted by Gasteiger charge is 2.30. The lowest BCUT2D eigenvalue weighted by molar-refractivity contribution is -0.672. The van der Waals surface area contributed by atoms with Gasteiger partial charge in [-0.25, -0.2) is 0 Å². The molecular formula is C13H15N3O3. The molecular weight excluding hydrogens is 246 g/mol. The van der Waals surface area contributed by atoms with E-state index in [1.165, 1.54) is 4.68 Å². The van der Waals surface area contributed by atoms with Gasteiger partial charge in [0.05, 0.1) is 5.27 Å². The summed E-state index contributed by atoms with van der Waals surface area (Å²) in [5, 5.41) is 15.3. The summed E-state index contributed by atoms with van der Waals surface area (Å²) in [6.45, 7) is 4.75. The summed E-state index contributed by atoms with van der Waals surface area (Å²) >= 11 is 0. The molecule has 0 N–H and O–H groups in total. The minimum absolute atomic E-state index is 0.0742. The van der Waals surface area contributed by atoms with Crippen molar-refractivity contribution >= 4 is 5.91 Å². The first kappa shape index (κ1) is 13.1. The van der Waals surface area contributed by atoms with Gasteiger partial charge in [-0.3, -0.25) is 4.79 Å². The predicted octanol–water partition coefficient (Wildman–Crippen LogP) is 0.507. The Labute approximate surface area is 110 Å². The third-order valence-electron chi connectivity index (χ3n) is 2.86. The van der Waals surface area contributed by atoms with Gasteiger partial charge in [0.2, 0.25) is 5.69 Å². The molecule has 0 aliphatic rings. The summed E-state index contributed by atoms with van der Waals surface area (Å²) in [6, 6.07) is 8.94. The third-order valence-corrected chi connectivity index (χ3v) is 2.86. The van der Waals surface area contributed by atoms with E-state index in [1.807, 2.05) is 19.9 Å². The summed E-state index contributed by atoms with van der Waals surface area (Å²) in [7, 11) is 0. The van der Waals surface area contributed by atoms with Crippen LogP contribution in [0.4, 0.5) is 0 Å². The zero-order chi connectivity index (χ0) is 13.8. The molecule has 0 unspecified atom stereocenters. The molecule has 0 aliphatic carbocycles. The molecule has 1 aromatic heterocycles. The summed E-state index contributed by atoms with van der Waals surface area (Å²) < 4.78 is 5.86. The maximum atomic E-state index is 12.3. The number of nitrogens with zero attached hydrogens (tertiary/aromatic N) is 3. The van der Waals surface area contributed by atoms with Crippen LogP contribution in [0.5, 0.6) is 5.95 Å². The second-order valence-electron chi connectivity index (χ2n) is 3.93. The van der Waals surface area contributed by atoms with E-state index in [0.29, 0.717) is 18.8 Å². The quantitative estimate of drug-likeness (QED) is 0.751.